The summed E-state index contributed by atoms with van der Waals surface area (Å²) in [4.78, 5) is 4.82. The van der Waals surface area contributed by atoms with E-state index < -0.39 is 0 Å². The summed E-state index contributed by atoms with van der Waals surface area (Å²) in [6.45, 7) is 1.98. The van der Waals surface area contributed by atoms with Crippen LogP contribution < -0.4 is 10.1 Å². The molecular formula is C17H18N4O. The zero-order valence-electron chi connectivity index (χ0n) is 12.7. The van der Waals surface area contributed by atoms with E-state index in [4.69, 9.17) is 9.72 Å². The van der Waals surface area contributed by atoms with E-state index in [2.05, 4.69) is 27.6 Å². The van der Waals surface area contributed by atoms with Crippen molar-refractivity contribution in [1.29, 1.82) is 0 Å². The SMILES string of the molecule is COc1ccc2c(C3CC3)nc(Nc3cc(C)[nH]n3)cc2c1. The Morgan fingerprint density at radius 1 is 1.18 bits per heavy atom. The van der Waals surface area contributed by atoms with Crippen LogP contribution in [0.25, 0.3) is 10.8 Å². The van der Waals surface area contributed by atoms with Crippen molar-refractivity contribution in [3.05, 3.63) is 41.7 Å². The zero-order valence-corrected chi connectivity index (χ0v) is 12.7. The number of hydrogen-bond donors (Lipinski definition) is 2. The number of pyridine rings is 1. The predicted octanol–water partition coefficient (Wildman–Crippen LogP) is 3.90. The van der Waals surface area contributed by atoms with Crippen LogP contribution in [-0.2, 0) is 0 Å². The third-order valence-corrected chi connectivity index (χ3v) is 3.99. The van der Waals surface area contributed by atoms with Crippen LogP contribution in [-0.4, -0.2) is 22.3 Å². The molecule has 1 aliphatic carbocycles. The van der Waals surface area contributed by atoms with Gasteiger partial charge in [-0.3, -0.25) is 5.10 Å². The molecule has 0 spiro atoms. The van der Waals surface area contributed by atoms with Crippen LogP contribution in [0, 0.1) is 6.92 Å². The summed E-state index contributed by atoms with van der Waals surface area (Å²) in [5.41, 5.74) is 2.20. The lowest BCUT2D eigenvalue weighted by Crippen LogP contribution is -1.98. The molecule has 0 saturated heterocycles. The fourth-order valence-corrected chi connectivity index (χ4v) is 2.74. The summed E-state index contributed by atoms with van der Waals surface area (Å²) in [7, 11) is 1.69. The first-order valence-electron chi connectivity index (χ1n) is 7.50. The largest absolute Gasteiger partial charge is 0.497 e. The Morgan fingerprint density at radius 3 is 2.73 bits per heavy atom. The standard InChI is InChI=1S/C17H18N4O/c1-10-7-16(21-20-10)18-15-9-12-8-13(22-2)5-6-14(12)17(19-15)11-3-4-11/h5-9,11H,3-4H2,1-2H3,(H2,18,19,20,21). The van der Waals surface area contributed by atoms with Crippen molar-refractivity contribution in [3.63, 3.8) is 0 Å². The highest BCUT2D eigenvalue weighted by Crippen LogP contribution is 2.43. The van der Waals surface area contributed by atoms with Gasteiger partial charge in [-0.2, -0.15) is 5.10 Å². The number of hydrogen-bond acceptors (Lipinski definition) is 4. The minimum Gasteiger partial charge on any atom is -0.497 e. The van der Waals surface area contributed by atoms with Crippen molar-refractivity contribution in [2.45, 2.75) is 25.7 Å². The lowest BCUT2D eigenvalue weighted by molar-refractivity contribution is 0.415. The third-order valence-electron chi connectivity index (χ3n) is 3.99. The van der Waals surface area contributed by atoms with Gasteiger partial charge in [0.2, 0.25) is 0 Å². The molecule has 0 aliphatic heterocycles. The second kappa shape index (κ2) is 5.02. The van der Waals surface area contributed by atoms with Crippen LogP contribution in [0.5, 0.6) is 5.75 Å². The summed E-state index contributed by atoms with van der Waals surface area (Å²) in [5, 5.41) is 12.8. The van der Waals surface area contributed by atoms with Gasteiger partial charge in [-0.25, -0.2) is 4.98 Å². The molecular weight excluding hydrogens is 276 g/mol. The number of aromatic nitrogens is 3. The van der Waals surface area contributed by atoms with Crippen LogP contribution >= 0.6 is 0 Å². The Kier molecular flexibility index (Phi) is 2.99. The maximum absolute atomic E-state index is 5.34. The normalized spacial score (nSPS) is 14.3. The molecule has 2 aromatic heterocycles. The molecule has 1 saturated carbocycles. The number of nitrogens with one attached hydrogen (secondary N) is 2. The number of rotatable bonds is 4. The van der Waals surface area contributed by atoms with E-state index in [9.17, 15) is 0 Å². The Hall–Kier alpha value is -2.56. The summed E-state index contributed by atoms with van der Waals surface area (Å²) in [6, 6.07) is 10.2. The molecule has 0 atom stereocenters. The summed E-state index contributed by atoms with van der Waals surface area (Å²) in [5.74, 6) is 3.06. The Balaban J connectivity index is 1.80. The molecule has 4 rings (SSSR count). The van der Waals surface area contributed by atoms with Gasteiger partial charge >= 0.3 is 0 Å². The molecule has 112 valence electrons. The van der Waals surface area contributed by atoms with Crippen molar-refractivity contribution >= 4 is 22.4 Å². The molecule has 1 aliphatic rings. The highest BCUT2D eigenvalue weighted by molar-refractivity contribution is 5.89. The maximum atomic E-state index is 5.34. The molecule has 3 aromatic rings. The van der Waals surface area contributed by atoms with Gasteiger partial charge in [0.05, 0.1) is 12.8 Å². The Bertz CT molecular complexity index is 836. The quantitative estimate of drug-likeness (QED) is 0.766. The molecule has 0 amide bonds. The molecule has 5 nitrogen and oxygen atoms in total. The number of anilines is 2. The number of benzene rings is 1. The molecule has 0 unspecified atom stereocenters. The number of fused-ring (bicyclic) bond motifs is 1. The lowest BCUT2D eigenvalue weighted by Gasteiger charge is -2.10. The first kappa shape index (κ1) is 13.1. The first-order valence-corrected chi connectivity index (χ1v) is 7.50. The monoisotopic (exact) mass is 294 g/mol. The summed E-state index contributed by atoms with van der Waals surface area (Å²) >= 11 is 0. The van der Waals surface area contributed by atoms with Gasteiger partial charge in [0, 0.05) is 23.1 Å². The van der Waals surface area contributed by atoms with Gasteiger partial charge in [0.15, 0.2) is 5.82 Å². The fraction of sp³-hybridized carbons (Fsp3) is 0.294. The zero-order chi connectivity index (χ0) is 15.1. The van der Waals surface area contributed by atoms with Crippen LogP contribution in [0.1, 0.15) is 30.1 Å². The van der Waals surface area contributed by atoms with Crippen molar-refractivity contribution in [2.75, 3.05) is 12.4 Å². The van der Waals surface area contributed by atoms with Gasteiger partial charge in [-0.1, -0.05) is 0 Å². The van der Waals surface area contributed by atoms with E-state index >= 15 is 0 Å². The number of aryl methyl sites for hydroxylation is 1. The molecule has 0 bridgehead atoms. The molecule has 22 heavy (non-hydrogen) atoms. The Labute approximate surface area is 128 Å². The highest BCUT2D eigenvalue weighted by Gasteiger charge is 2.27. The maximum Gasteiger partial charge on any atom is 0.153 e. The van der Waals surface area contributed by atoms with Gasteiger partial charge in [0.25, 0.3) is 0 Å². The summed E-state index contributed by atoms with van der Waals surface area (Å²) < 4.78 is 5.34. The van der Waals surface area contributed by atoms with E-state index in [0.717, 1.165) is 28.5 Å². The topological polar surface area (TPSA) is 62.8 Å². The predicted molar refractivity (Wildman–Crippen MR) is 86.9 cm³/mol. The van der Waals surface area contributed by atoms with E-state index in [1.165, 1.54) is 23.9 Å². The first-order chi connectivity index (χ1) is 10.7. The van der Waals surface area contributed by atoms with Crippen molar-refractivity contribution in [1.82, 2.24) is 15.2 Å². The molecule has 2 N–H and O–H groups in total. The number of nitrogens with zero attached hydrogens (tertiary/aromatic N) is 2. The number of H-pyrrole nitrogens is 1. The molecule has 2 heterocycles. The smallest absolute Gasteiger partial charge is 0.153 e. The van der Waals surface area contributed by atoms with E-state index in [1.807, 2.05) is 25.1 Å². The summed E-state index contributed by atoms with van der Waals surface area (Å²) in [6.07, 6.45) is 2.44. The van der Waals surface area contributed by atoms with E-state index in [0.29, 0.717) is 5.92 Å². The van der Waals surface area contributed by atoms with Gasteiger partial charge in [0.1, 0.15) is 11.6 Å². The number of methoxy groups -OCH3 is 1. The van der Waals surface area contributed by atoms with Gasteiger partial charge in [-0.05, 0) is 49.4 Å². The van der Waals surface area contributed by atoms with E-state index in [1.54, 1.807) is 7.11 Å². The van der Waals surface area contributed by atoms with Crippen LogP contribution in [0.15, 0.2) is 30.3 Å². The minimum atomic E-state index is 0.582. The van der Waals surface area contributed by atoms with Crippen molar-refractivity contribution in [2.24, 2.45) is 0 Å². The van der Waals surface area contributed by atoms with Crippen LogP contribution in [0.4, 0.5) is 11.6 Å². The molecule has 0 radical (unpaired) electrons. The number of aromatic amines is 1. The number of ether oxygens (including phenoxy) is 1. The second-order valence-corrected chi connectivity index (χ2v) is 5.82. The average molecular weight is 294 g/mol. The van der Waals surface area contributed by atoms with Gasteiger partial charge < -0.3 is 10.1 Å². The Morgan fingerprint density at radius 2 is 2.05 bits per heavy atom. The fourth-order valence-electron chi connectivity index (χ4n) is 2.74. The van der Waals surface area contributed by atoms with Crippen molar-refractivity contribution < 1.29 is 4.74 Å². The minimum absolute atomic E-state index is 0.582. The molecule has 1 aromatic carbocycles. The molecule has 1 fully saturated rings. The highest BCUT2D eigenvalue weighted by atomic mass is 16.5. The van der Waals surface area contributed by atoms with Crippen molar-refractivity contribution in [3.8, 4) is 5.75 Å². The third kappa shape index (κ3) is 2.39. The van der Waals surface area contributed by atoms with Crippen LogP contribution in [0.2, 0.25) is 0 Å². The van der Waals surface area contributed by atoms with Gasteiger partial charge in [-0.15, -0.1) is 0 Å². The molecule has 5 heteroatoms. The average Bonchev–Trinajstić information content (AvgIpc) is 3.29. The second-order valence-electron chi connectivity index (χ2n) is 5.82. The van der Waals surface area contributed by atoms with E-state index in [-0.39, 0.29) is 0 Å². The van der Waals surface area contributed by atoms with Crippen LogP contribution in [0.3, 0.4) is 0 Å². The lowest BCUT2D eigenvalue weighted by atomic mass is 10.1.